The van der Waals surface area contributed by atoms with Crippen LogP contribution in [0.15, 0.2) is 109 Å². The van der Waals surface area contributed by atoms with E-state index in [0.717, 1.165) is 33.8 Å². The van der Waals surface area contributed by atoms with E-state index in [-0.39, 0.29) is 25.2 Å². The van der Waals surface area contributed by atoms with E-state index in [1.54, 1.807) is 18.9 Å². The van der Waals surface area contributed by atoms with Gasteiger partial charge in [0.15, 0.2) is 0 Å². The van der Waals surface area contributed by atoms with E-state index in [1.807, 2.05) is 109 Å². The predicted molar refractivity (Wildman–Crippen MR) is 183 cm³/mol. The van der Waals surface area contributed by atoms with E-state index in [9.17, 15) is 4.79 Å². The van der Waals surface area contributed by atoms with Gasteiger partial charge in [-0.05, 0) is 52.9 Å². The maximum Gasteiger partial charge on any atom is 0.293 e. The highest BCUT2D eigenvalue weighted by atomic mass is 31.2. The molecule has 2 radical (unpaired) electrons. The molecule has 2 heterocycles. The Hall–Kier alpha value is -3.76. The summed E-state index contributed by atoms with van der Waals surface area (Å²) < 4.78 is 44.1. The zero-order chi connectivity index (χ0) is 33.5. The molecule has 0 saturated carbocycles. The lowest BCUT2D eigenvalue weighted by Crippen LogP contribution is -2.38. The summed E-state index contributed by atoms with van der Waals surface area (Å²) >= 11 is 0. The molecule has 9 nitrogen and oxygen atoms in total. The van der Waals surface area contributed by atoms with Gasteiger partial charge in [-0.1, -0.05) is 84.9 Å². The van der Waals surface area contributed by atoms with E-state index >= 15 is 0 Å². The molecule has 0 bridgehead atoms. The second-order valence-electron chi connectivity index (χ2n) is 11.6. The van der Waals surface area contributed by atoms with Crippen LogP contribution in [0.5, 0.6) is 11.5 Å². The van der Waals surface area contributed by atoms with Crippen molar-refractivity contribution in [3.05, 3.63) is 131 Å². The fourth-order valence-electron chi connectivity index (χ4n) is 6.13. The van der Waals surface area contributed by atoms with Crippen LogP contribution in [0.1, 0.15) is 34.8 Å². The summed E-state index contributed by atoms with van der Waals surface area (Å²) in [7, 11) is 9.37. The van der Waals surface area contributed by atoms with Gasteiger partial charge in [-0.3, -0.25) is 9.46 Å². The number of rotatable bonds is 13. The average molecular weight is 668 g/mol. The van der Waals surface area contributed by atoms with Crippen LogP contribution < -0.4 is 9.47 Å². The first kappa shape index (κ1) is 34.1. The molecule has 6 rings (SSSR count). The molecule has 2 fully saturated rings. The van der Waals surface area contributed by atoms with Crippen molar-refractivity contribution in [2.45, 2.75) is 36.3 Å². The molecular weight excluding hydrogens is 628 g/mol. The third-order valence-electron chi connectivity index (χ3n) is 8.57. The van der Waals surface area contributed by atoms with Crippen molar-refractivity contribution in [2.24, 2.45) is 0 Å². The van der Waals surface area contributed by atoms with Gasteiger partial charge in [0.2, 0.25) is 0 Å². The summed E-state index contributed by atoms with van der Waals surface area (Å²) in [5, 5.41) is 0. The van der Waals surface area contributed by atoms with Gasteiger partial charge < -0.3 is 32.7 Å². The lowest BCUT2D eigenvalue weighted by molar-refractivity contribution is -0.130. The molecule has 2 aliphatic rings. The molecule has 2 saturated heterocycles. The van der Waals surface area contributed by atoms with E-state index in [4.69, 9.17) is 40.6 Å². The Balaban J connectivity index is 1.31. The van der Waals surface area contributed by atoms with Crippen LogP contribution in [0.2, 0.25) is 0 Å². The van der Waals surface area contributed by atoms with Crippen molar-refractivity contribution in [3.8, 4) is 11.5 Å². The highest BCUT2D eigenvalue weighted by Gasteiger charge is 2.46. The highest BCUT2D eigenvalue weighted by Crippen LogP contribution is 2.56. The van der Waals surface area contributed by atoms with Crippen molar-refractivity contribution in [1.29, 1.82) is 0 Å². The van der Waals surface area contributed by atoms with Crippen LogP contribution in [0.3, 0.4) is 0 Å². The van der Waals surface area contributed by atoms with Gasteiger partial charge in [-0.2, -0.15) is 0 Å². The van der Waals surface area contributed by atoms with E-state index in [0.29, 0.717) is 13.0 Å². The molecule has 2 aliphatic heterocycles. The maximum absolute atomic E-state index is 13.1. The summed E-state index contributed by atoms with van der Waals surface area (Å²) in [5.74, 6) is 1.25. The maximum atomic E-state index is 13.1. The number of methoxy groups -OCH3 is 3. The Morgan fingerprint density at radius 1 is 0.833 bits per heavy atom. The van der Waals surface area contributed by atoms with Crippen molar-refractivity contribution in [1.82, 2.24) is 4.67 Å². The van der Waals surface area contributed by atoms with Gasteiger partial charge in [0.05, 0.1) is 33.5 Å². The number of carbonyl (C=O) groups is 1. The minimum absolute atomic E-state index is 0.0798. The zero-order valence-electron chi connectivity index (χ0n) is 27.3. The molecule has 3 unspecified atom stereocenters. The van der Waals surface area contributed by atoms with Crippen LogP contribution in [0.4, 0.5) is 0 Å². The summed E-state index contributed by atoms with van der Waals surface area (Å²) in [5.41, 5.74) is 2.63. The third kappa shape index (κ3) is 7.30. The molecular formula is C37H39BNO8P. The van der Waals surface area contributed by atoms with Gasteiger partial charge in [0.25, 0.3) is 14.4 Å². The van der Waals surface area contributed by atoms with Gasteiger partial charge in [-0.15, -0.1) is 0 Å². The number of benzene rings is 4. The van der Waals surface area contributed by atoms with Crippen molar-refractivity contribution in [3.63, 3.8) is 0 Å². The highest BCUT2D eigenvalue weighted by molar-refractivity contribution is 7.45. The number of hydrogen-bond donors (Lipinski definition) is 0. The van der Waals surface area contributed by atoms with Gasteiger partial charge >= 0.3 is 0 Å². The standard InChI is InChI=1S/C37H39BNO8P/c1-41-25-36(40)39-23-33(26-10-6-4-7-11-26)47-48(39)46-32-22-35(38)45-34(32)24-44-37(27-12-8-5-9-13-27,28-14-18-30(42-2)19-15-28)29-16-20-31(43-3)21-17-29/h4-21,32-35H,22-25H2,1-3H3/t32?,33?,34-,35-,48?/m1/s1. The fourth-order valence-corrected chi connectivity index (χ4v) is 7.79. The molecule has 11 heteroatoms. The molecule has 48 heavy (non-hydrogen) atoms. The molecule has 0 N–H and O–H groups in total. The van der Waals surface area contributed by atoms with Gasteiger partial charge in [0.1, 0.15) is 43.8 Å². The Bertz CT molecular complexity index is 1560. The Labute approximate surface area is 284 Å². The quantitative estimate of drug-likeness (QED) is 0.0954. The number of amides is 1. The lowest BCUT2D eigenvalue weighted by Gasteiger charge is -2.37. The summed E-state index contributed by atoms with van der Waals surface area (Å²) in [4.78, 5) is 13.1. The predicted octanol–water partition coefficient (Wildman–Crippen LogP) is 6.15. The van der Waals surface area contributed by atoms with Crippen molar-refractivity contribution in [2.75, 3.05) is 41.1 Å². The SMILES string of the molecule is [B][C@H]1CC(OP2OC(c3ccccc3)CN2C(=O)COC)[C@@H](COC(c2ccccc2)(c2ccc(OC)cc2)c2ccc(OC)cc2)O1. The minimum atomic E-state index is -1.78. The molecule has 0 spiro atoms. The first-order valence-corrected chi connectivity index (χ1v) is 17.0. The van der Waals surface area contributed by atoms with Gasteiger partial charge in [-0.25, -0.2) is 0 Å². The van der Waals surface area contributed by atoms with Crippen molar-refractivity contribution < 1.29 is 37.5 Å². The number of hydrogen-bond acceptors (Lipinski definition) is 8. The number of ether oxygens (including phenoxy) is 5. The monoisotopic (exact) mass is 667 g/mol. The number of carbonyl (C=O) groups excluding carboxylic acids is 1. The summed E-state index contributed by atoms with van der Waals surface area (Å²) in [6.45, 7) is 0.400. The van der Waals surface area contributed by atoms with Crippen LogP contribution in [0, 0.1) is 0 Å². The Kier molecular flexibility index (Phi) is 11.1. The largest absolute Gasteiger partial charge is 0.497 e. The molecule has 4 aromatic rings. The Morgan fingerprint density at radius 2 is 1.40 bits per heavy atom. The molecule has 1 amide bonds. The van der Waals surface area contributed by atoms with Crippen LogP contribution >= 0.6 is 8.53 Å². The average Bonchev–Trinajstić information content (AvgIpc) is 3.72. The molecule has 0 aromatic heterocycles. The van der Waals surface area contributed by atoms with Crippen LogP contribution in [0.25, 0.3) is 0 Å². The smallest absolute Gasteiger partial charge is 0.293 e. The van der Waals surface area contributed by atoms with E-state index in [1.165, 1.54) is 7.11 Å². The second kappa shape index (κ2) is 15.6. The third-order valence-corrected chi connectivity index (χ3v) is 10.2. The van der Waals surface area contributed by atoms with E-state index in [2.05, 4.69) is 0 Å². The normalized spacial score (nSPS) is 22.5. The van der Waals surface area contributed by atoms with Crippen molar-refractivity contribution >= 4 is 22.3 Å². The Morgan fingerprint density at radius 3 is 1.96 bits per heavy atom. The minimum Gasteiger partial charge on any atom is -0.497 e. The van der Waals surface area contributed by atoms with Crippen LogP contribution in [-0.4, -0.2) is 77.7 Å². The molecule has 5 atom stereocenters. The summed E-state index contributed by atoms with van der Waals surface area (Å²) in [6.07, 6.45) is -0.985. The second-order valence-corrected chi connectivity index (χ2v) is 12.9. The first-order valence-electron chi connectivity index (χ1n) is 15.8. The number of nitrogens with zero attached hydrogens (tertiary/aromatic N) is 1. The summed E-state index contributed by atoms with van der Waals surface area (Å²) in [6, 6.07) is 35.0. The topological polar surface area (TPSA) is 84.9 Å². The molecule has 248 valence electrons. The van der Waals surface area contributed by atoms with Gasteiger partial charge in [0, 0.05) is 13.1 Å². The molecule has 0 aliphatic carbocycles. The lowest BCUT2D eigenvalue weighted by atomic mass is 9.80. The zero-order valence-corrected chi connectivity index (χ0v) is 28.2. The molecule has 4 aromatic carbocycles. The fraction of sp³-hybridized carbons (Fsp3) is 0.324. The first-order chi connectivity index (χ1) is 23.4. The van der Waals surface area contributed by atoms with E-state index < -0.39 is 32.3 Å². The van der Waals surface area contributed by atoms with Crippen LogP contribution in [-0.2, 0) is 33.7 Å².